The predicted molar refractivity (Wildman–Crippen MR) is 132 cm³/mol. The first-order valence-electron chi connectivity index (χ1n) is 10.0. The molecule has 1 aliphatic rings. The first-order valence-corrected chi connectivity index (χ1v) is 11.3. The zero-order chi connectivity index (χ0) is 19.6. The minimum Gasteiger partial charge on any atom is -0.357 e. The Kier molecular flexibility index (Phi) is 11.9. The molecule has 0 aromatic heterocycles. The summed E-state index contributed by atoms with van der Waals surface area (Å²) < 4.78 is 0. The molecule has 1 fully saturated rings. The van der Waals surface area contributed by atoms with Crippen LogP contribution in [0.5, 0.6) is 0 Å². The van der Waals surface area contributed by atoms with Gasteiger partial charge in [0.2, 0.25) is 0 Å². The number of aliphatic imine (C=N–C) groups is 1. The van der Waals surface area contributed by atoms with Crippen molar-refractivity contribution >= 4 is 47.6 Å². The second kappa shape index (κ2) is 13.3. The molecule has 3 unspecified atom stereocenters. The molecular formula is C21H35IN4OS. The lowest BCUT2D eigenvalue weighted by Crippen LogP contribution is -2.42. The molecule has 1 saturated carbocycles. The molecule has 0 heterocycles. The summed E-state index contributed by atoms with van der Waals surface area (Å²) >= 11 is 1.96. The lowest BCUT2D eigenvalue weighted by molar-refractivity contribution is 0.0939. The normalized spacial score (nSPS) is 20.2. The summed E-state index contributed by atoms with van der Waals surface area (Å²) in [5.41, 5.74) is 1.73. The summed E-state index contributed by atoms with van der Waals surface area (Å²) in [5, 5.41) is 10.7. The van der Waals surface area contributed by atoms with Crippen LogP contribution in [0.25, 0.3) is 0 Å². The maximum Gasteiger partial charge on any atom is 0.251 e. The minimum atomic E-state index is -0.0192. The highest BCUT2D eigenvalue weighted by atomic mass is 127. The average Bonchev–Trinajstić information content (AvgIpc) is 3.14. The van der Waals surface area contributed by atoms with Crippen LogP contribution in [-0.2, 0) is 6.54 Å². The summed E-state index contributed by atoms with van der Waals surface area (Å²) in [6, 6.07) is 8.41. The third kappa shape index (κ3) is 8.19. The molecule has 1 aliphatic carbocycles. The fourth-order valence-electron chi connectivity index (χ4n) is 3.19. The van der Waals surface area contributed by atoms with Crippen LogP contribution in [0, 0.1) is 0 Å². The summed E-state index contributed by atoms with van der Waals surface area (Å²) in [4.78, 5) is 17.1. The quantitative estimate of drug-likeness (QED) is 0.275. The molecule has 2 rings (SSSR count). The molecule has 158 valence electrons. The van der Waals surface area contributed by atoms with E-state index in [1.54, 1.807) is 0 Å². The van der Waals surface area contributed by atoms with Crippen molar-refractivity contribution in [1.29, 1.82) is 0 Å². The molecule has 1 amide bonds. The van der Waals surface area contributed by atoms with Gasteiger partial charge in [-0.3, -0.25) is 4.79 Å². The lowest BCUT2D eigenvalue weighted by atomic mass is 10.1. The van der Waals surface area contributed by atoms with Gasteiger partial charge in [-0.25, -0.2) is 4.99 Å². The molecule has 0 aliphatic heterocycles. The van der Waals surface area contributed by atoms with Crippen LogP contribution in [0.15, 0.2) is 29.3 Å². The number of benzene rings is 1. The van der Waals surface area contributed by atoms with Crippen molar-refractivity contribution in [3.63, 3.8) is 0 Å². The van der Waals surface area contributed by atoms with E-state index in [-0.39, 0.29) is 35.9 Å². The van der Waals surface area contributed by atoms with Crippen LogP contribution in [-0.4, -0.2) is 42.0 Å². The molecule has 5 nitrogen and oxygen atoms in total. The Morgan fingerprint density at radius 2 is 2.11 bits per heavy atom. The Bertz CT molecular complexity index is 641. The number of halogens is 1. The van der Waals surface area contributed by atoms with E-state index >= 15 is 0 Å². The first kappa shape index (κ1) is 25.1. The van der Waals surface area contributed by atoms with E-state index in [4.69, 9.17) is 4.99 Å². The Morgan fingerprint density at radius 3 is 2.75 bits per heavy atom. The molecular weight excluding hydrogens is 483 g/mol. The number of hydrogen-bond acceptors (Lipinski definition) is 3. The minimum absolute atomic E-state index is 0. The zero-order valence-electron chi connectivity index (χ0n) is 17.5. The fourth-order valence-corrected chi connectivity index (χ4v) is 3.99. The van der Waals surface area contributed by atoms with Crippen molar-refractivity contribution in [2.45, 2.75) is 70.3 Å². The van der Waals surface area contributed by atoms with E-state index in [0.29, 0.717) is 18.2 Å². The molecule has 0 saturated heterocycles. The monoisotopic (exact) mass is 518 g/mol. The average molecular weight is 519 g/mol. The van der Waals surface area contributed by atoms with E-state index in [9.17, 15) is 4.79 Å². The van der Waals surface area contributed by atoms with Crippen LogP contribution in [0.1, 0.15) is 62.4 Å². The summed E-state index contributed by atoms with van der Waals surface area (Å²) in [5.74, 6) is 0.841. The molecule has 0 radical (unpaired) electrons. The second-order valence-corrected chi connectivity index (χ2v) is 8.33. The summed E-state index contributed by atoms with van der Waals surface area (Å²) in [6.45, 7) is 7.55. The Morgan fingerprint density at radius 1 is 1.32 bits per heavy atom. The topological polar surface area (TPSA) is 65.5 Å². The Labute approximate surface area is 191 Å². The lowest BCUT2D eigenvalue weighted by Gasteiger charge is -2.17. The van der Waals surface area contributed by atoms with Crippen molar-refractivity contribution < 1.29 is 4.79 Å². The standard InChI is InChI=1S/C21H34N4OS.HI/c1-5-15(3)24-20(26)17-9-7-8-16(12-17)14-23-21(22-6-2)25-18-10-11-19(13-18)27-4;/h7-9,12,15,18-19H,5-6,10-11,13-14H2,1-4H3,(H,24,26)(H2,22,23,25);1H. The van der Waals surface area contributed by atoms with Crippen LogP contribution >= 0.6 is 35.7 Å². The van der Waals surface area contributed by atoms with Gasteiger partial charge in [0, 0.05) is 29.4 Å². The van der Waals surface area contributed by atoms with E-state index in [2.05, 4.69) is 36.1 Å². The summed E-state index contributed by atoms with van der Waals surface area (Å²) in [6.07, 6.45) is 6.77. The highest BCUT2D eigenvalue weighted by molar-refractivity contribution is 14.0. The highest BCUT2D eigenvalue weighted by Gasteiger charge is 2.24. The Hall–Kier alpha value is -0.960. The van der Waals surface area contributed by atoms with Crippen molar-refractivity contribution in [3.05, 3.63) is 35.4 Å². The van der Waals surface area contributed by atoms with Gasteiger partial charge in [0.1, 0.15) is 0 Å². The van der Waals surface area contributed by atoms with Crippen LogP contribution in [0.4, 0.5) is 0 Å². The molecule has 7 heteroatoms. The van der Waals surface area contributed by atoms with Crippen molar-refractivity contribution in [1.82, 2.24) is 16.0 Å². The van der Waals surface area contributed by atoms with Crippen molar-refractivity contribution in [2.24, 2.45) is 4.99 Å². The third-order valence-electron chi connectivity index (χ3n) is 5.00. The molecule has 0 spiro atoms. The van der Waals surface area contributed by atoms with Crippen molar-refractivity contribution in [3.8, 4) is 0 Å². The van der Waals surface area contributed by atoms with Gasteiger partial charge in [0.25, 0.3) is 5.91 Å². The van der Waals surface area contributed by atoms with Gasteiger partial charge in [-0.15, -0.1) is 24.0 Å². The van der Waals surface area contributed by atoms with E-state index in [1.807, 2.05) is 43.0 Å². The molecule has 3 N–H and O–H groups in total. The van der Waals surface area contributed by atoms with Crippen LogP contribution in [0.3, 0.4) is 0 Å². The van der Waals surface area contributed by atoms with E-state index < -0.39 is 0 Å². The number of nitrogens with one attached hydrogen (secondary N) is 3. The SMILES string of the molecule is CCNC(=NCc1cccc(C(=O)NC(C)CC)c1)NC1CCC(SC)C1.I. The van der Waals surface area contributed by atoms with E-state index in [1.165, 1.54) is 19.3 Å². The largest absolute Gasteiger partial charge is 0.357 e. The Balaban J connectivity index is 0.00000392. The van der Waals surface area contributed by atoms with Gasteiger partial charge in [-0.2, -0.15) is 11.8 Å². The van der Waals surface area contributed by atoms with Gasteiger partial charge >= 0.3 is 0 Å². The molecule has 0 bridgehead atoms. The number of nitrogens with zero attached hydrogens (tertiary/aromatic N) is 1. The maximum absolute atomic E-state index is 12.3. The van der Waals surface area contributed by atoms with Gasteiger partial charge in [0.15, 0.2) is 5.96 Å². The number of amides is 1. The van der Waals surface area contributed by atoms with Crippen LogP contribution in [0.2, 0.25) is 0 Å². The number of carbonyl (C=O) groups excluding carboxylic acids is 1. The third-order valence-corrected chi connectivity index (χ3v) is 6.10. The first-order chi connectivity index (χ1) is 13.0. The van der Waals surface area contributed by atoms with Gasteiger partial charge in [-0.05, 0) is 63.5 Å². The maximum atomic E-state index is 12.3. The number of hydrogen-bond donors (Lipinski definition) is 3. The molecule has 1 aromatic carbocycles. The van der Waals surface area contributed by atoms with Gasteiger partial charge in [0.05, 0.1) is 6.54 Å². The van der Waals surface area contributed by atoms with Crippen molar-refractivity contribution in [2.75, 3.05) is 12.8 Å². The molecule has 28 heavy (non-hydrogen) atoms. The number of thioether (sulfide) groups is 1. The molecule has 1 aromatic rings. The highest BCUT2D eigenvalue weighted by Crippen LogP contribution is 2.28. The zero-order valence-corrected chi connectivity index (χ0v) is 20.6. The molecule has 3 atom stereocenters. The number of carbonyl (C=O) groups is 1. The fraction of sp³-hybridized carbons (Fsp3) is 0.619. The summed E-state index contributed by atoms with van der Waals surface area (Å²) in [7, 11) is 0. The number of guanidine groups is 1. The van der Waals surface area contributed by atoms with Gasteiger partial charge in [-0.1, -0.05) is 19.1 Å². The smallest absolute Gasteiger partial charge is 0.251 e. The van der Waals surface area contributed by atoms with Gasteiger partial charge < -0.3 is 16.0 Å². The van der Waals surface area contributed by atoms with Crippen LogP contribution < -0.4 is 16.0 Å². The van der Waals surface area contributed by atoms with E-state index in [0.717, 1.165) is 29.7 Å². The predicted octanol–water partition coefficient (Wildman–Crippen LogP) is 4.17. The number of rotatable bonds is 8. The second-order valence-electron chi connectivity index (χ2n) is 7.19.